The molecule has 9 nitrogen and oxygen atoms in total. The zero-order valence-electron chi connectivity index (χ0n) is 21.4. The summed E-state index contributed by atoms with van der Waals surface area (Å²) in [5.41, 5.74) is 2.92. The van der Waals surface area contributed by atoms with Gasteiger partial charge in [0.1, 0.15) is 17.5 Å². The lowest BCUT2D eigenvalue weighted by atomic mass is 10.1. The van der Waals surface area contributed by atoms with Crippen molar-refractivity contribution < 1.29 is 28.1 Å². The number of nitrogens with zero attached hydrogens (tertiary/aromatic N) is 1. The fraction of sp³-hybridized carbons (Fsp3) is 0.444. The molecule has 0 unspecified atom stereocenters. The molecule has 0 aromatic heterocycles. The van der Waals surface area contributed by atoms with Crippen molar-refractivity contribution in [3.63, 3.8) is 0 Å². The largest absolute Gasteiger partial charge is 0.454 e. The van der Waals surface area contributed by atoms with Crippen LogP contribution < -0.4 is 25.0 Å². The lowest BCUT2D eigenvalue weighted by molar-refractivity contribution is -0.125. The summed E-state index contributed by atoms with van der Waals surface area (Å²) in [5.74, 6) is -0.848. The maximum absolute atomic E-state index is 13.5. The SMILES string of the molecule is Cc1cccc(N(C(=O)C[S@@](=O)CC(=O)Nc2ccc3c(c2)OCO3)[C@H](C)C(=O)NC2CCCC2)c1C. The molecule has 2 aromatic carbocycles. The molecule has 1 heterocycles. The molecule has 2 aromatic rings. The Balaban J connectivity index is 1.43. The van der Waals surface area contributed by atoms with Crippen molar-refractivity contribution in [2.45, 2.75) is 58.5 Å². The van der Waals surface area contributed by atoms with Gasteiger partial charge in [-0.15, -0.1) is 0 Å². The van der Waals surface area contributed by atoms with Gasteiger partial charge >= 0.3 is 0 Å². The van der Waals surface area contributed by atoms with E-state index in [0.717, 1.165) is 36.8 Å². The fourth-order valence-corrected chi connectivity index (χ4v) is 5.52. The van der Waals surface area contributed by atoms with Gasteiger partial charge in [-0.25, -0.2) is 0 Å². The zero-order chi connectivity index (χ0) is 26.5. The molecule has 10 heteroatoms. The zero-order valence-corrected chi connectivity index (χ0v) is 22.2. The monoisotopic (exact) mass is 527 g/mol. The number of amides is 3. The Morgan fingerprint density at radius 1 is 1.05 bits per heavy atom. The Morgan fingerprint density at radius 2 is 1.78 bits per heavy atom. The van der Waals surface area contributed by atoms with Crippen molar-refractivity contribution in [3.05, 3.63) is 47.5 Å². The lowest BCUT2D eigenvalue weighted by Gasteiger charge is -2.31. The third-order valence-electron chi connectivity index (χ3n) is 6.81. The summed E-state index contributed by atoms with van der Waals surface area (Å²) in [6.45, 7) is 5.62. The van der Waals surface area contributed by atoms with Gasteiger partial charge in [-0.3, -0.25) is 23.5 Å². The van der Waals surface area contributed by atoms with E-state index < -0.39 is 28.7 Å². The van der Waals surface area contributed by atoms with Crippen molar-refractivity contribution >= 4 is 39.9 Å². The van der Waals surface area contributed by atoms with E-state index >= 15 is 0 Å². The summed E-state index contributed by atoms with van der Waals surface area (Å²) in [6.07, 6.45) is 4.01. The number of nitrogens with one attached hydrogen (secondary N) is 2. The molecule has 1 fully saturated rings. The van der Waals surface area contributed by atoms with Gasteiger partial charge in [-0.2, -0.15) is 0 Å². The summed E-state index contributed by atoms with van der Waals surface area (Å²) in [4.78, 5) is 40.5. The normalized spacial score (nSPS) is 16.2. The molecule has 4 rings (SSSR count). The van der Waals surface area contributed by atoms with E-state index in [9.17, 15) is 18.6 Å². The predicted octanol–water partition coefficient (Wildman–Crippen LogP) is 3.20. The summed E-state index contributed by atoms with van der Waals surface area (Å²) in [5, 5.41) is 5.73. The quantitative estimate of drug-likeness (QED) is 0.518. The molecule has 1 aliphatic heterocycles. The third kappa shape index (κ3) is 6.49. The van der Waals surface area contributed by atoms with Gasteiger partial charge in [0.05, 0.1) is 0 Å². The van der Waals surface area contributed by atoms with Crippen molar-refractivity contribution in [2.75, 3.05) is 28.5 Å². The fourth-order valence-electron chi connectivity index (χ4n) is 4.64. The molecule has 0 spiro atoms. The maximum atomic E-state index is 13.5. The van der Waals surface area contributed by atoms with Crippen LogP contribution in [0.25, 0.3) is 0 Å². The first-order valence-electron chi connectivity index (χ1n) is 12.5. The highest BCUT2D eigenvalue weighted by atomic mass is 32.2. The number of aryl methyl sites for hydroxylation is 1. The second kappa shape index (κ2) is 11.8. The van der Waals surface area contributed by atoms with E-state index in [-0.39, 0.29) is 30.2 Å². The second-order valence-electron chi connectivity index (χ2n) is 9.49. The van der Waals surface area contributed by atoms with E-state index in [0.29, 0.717) is 22.9 Å². The number of hydrogen-bond donors (Lipinski definition) is 2. The molecule has 1 aliphatic carbocycles. The Kier molecular flexibility index (Phi) is 8.48. The number of carbonyl (C=O) groups is 3. The topological polar surface area (TPSA) is 114 Å². The van der Waals surface area contributed by atoms with Crippen molar-refractivity contribution in [1.82, 2.24) is 5.32 Å². The second-order valence-corrected chi connectivity index (χ2v) is 11.0. The summed E-state index contributed by atoms with van der Waals surface area (Å²) < 4.78 is 23.4. The van der Waals surface area contributed by atoms with Gasteiger partial charge in [-0.1, -0.05) is 25.0 Å². The molecule has 2 atom stereocenters. The molecule has 2 aliphatic rings. The lowest BCUT2D eigenvalue weighted by Crippen LogP contribution is -2.51. The van der Waals surface area contributed by atoms with Crippen LogP contribution in [0.15, 0.2) is 36.4 Å². The van der Waals surface area contributed by atoms with Crippen LogP contribution in [-0.2, 0) is 25.2 Å². The van der Waals surface area contributed by atoms with E-state index in [1.807, 2.05) is 26.0 Å². The smallest absolute Gasteiger partial charge is 0.243 e. The molecule has 1 saturated carbocycles. The van der Waals surface area contributed by atoms with Crippen LogP contribution >= 0.6 is 0 Å². The Labute approximate surface area is 219 Å². The summed E-state index contributed by atoms with van der Waals surface area (Å²) in [7, 11) is -1.78. The third-order valence-corrected chi connectivity index (χ3v) is 7.96. The molecule has 3 amide bonds. The molecule has 0 saturated heterocycles. The first kappa shape index (κ1) is 26.7. The van der Waals surface area contributed by atoms with Crippen LogP contribution in [0.2, 0.25) is 0 Å². The molecule has 37 heavy (non-hydrogen) atoms. The van der Waals surface area contributed by atoms with Crippen LogP contribution in [0.4, 0.5) is 11.4 Å². The van der Waals surface area contributed by atoms with Crippen LogP contribution in [0.5, 0.6) is 11.5 Å². The highest BCUT2D eigenvalue weighted by Crippen LogP contribution is 2.34. The number of benzene rings is 2. The van der Waals surface area contributed by atoms with Crippen LogP contribution in [0, 0.1) is 13.8 Å². The van der Waals surface area contributed by atoms with E-state index in [1.54, 1.807) is 31.2 Å². The molecule has 198 valence electrons. The summed E-state index contributed by atoms with van der Waals surface area (Å²) in [6, 6.07) is 9.83. The average Bonchev–Trinajstić information content (AvgIpc) is 3.53. The van der Waals surface area contributed by atoms with E-state index in [2.05, 4.69) is 10.6 Å². The molecular weight excluding hydrogens is 494 g/mol. The molecule has 2 N–H and O–H groups in total. The van der Waals surface area contributed by atoms with Crippen LogP contribution in [0.3, 0.4) is 0 Å². The van der Waals surface area contributed by atoms with E-state index in [4.69, 9.17) is 9.47 Å². The number of fused-ring (bicyclic) bond motifs is 1. The number of carbonyl (C=O) groups excluding carboxylic acids is 3. The van der Waals surface area contributed by atoms with Crippen molar-refractivity contribution in [3.8, 4) is 11.5 Å². The average molecular weight is 528 g/mol. The Hall–Kier alpha value is -3.40. The van der Waals surface area contributed by atoms with E-state index in [1.165, 1.54) is 4.90 Å². The van der Waals surface area contributed by atoms with Crippen LogP contribution in [0.1, 0.15) is 43.7 Å². The number of rotatable bonds is 9. The predicted molar refractivity (Wildman–Crippen MR) is 142 cm³/mol. The Morgan fingerprint density at radius 3 is 2.54 bits per heavy atom. The molecular formula is C27H33N3O6S. The number of anilines is 2. The summed E-state index contributed by atoms with van der Waals surface area (Å²) >= 11 is 0. The van der Waals surface area contributed by atoms with Gasteiger partial charge in [-0.05, 0) is 62.9 Å². The molecule has 0 radical (unpaired) electrons. The van der Waals surface area contributed by atoms with Gasteiger partial charge < -0.3 is 20.1 Å². The minimum absolute atomic E-state index is 0.111. The van der Waals surface area contributed by atoms with Gasteiger partial charge in [0.15, 0.2) is 11.5 Å². The first-order valence-corrected chi connectivity index (χ1v) is 13.9. The Bertz CT molecular complexity index is 1210. The highest BCUT2D eigenvalue weighted by molar-refractivity contribution is 7.86. The van der Waals surface area contributed by atoms with Crippen molar-refractivity contribution in [1.29, 1.82) is 0 Å². The number of ether oxygens (including phenoxy) is 2. The minimum atomic E-state index is -1.78. The van der Waals surface area contributed by atoms with Gasteiger partial charge in [0.2, 0.25) is 24.5 Å². The van der Waals surface area contributed by atoms with Gasteiger partial charge in [0, 0.05) is 34.3 Å². The van der Waals surface area contributed by atoms with Gasteiger partial charge in [0.25, 0.3) is 0 Å². The first-order chi connectivity index (χ1) is 17.7. The minimum Gasteiger partial charge on any atom is -0.454 e. The van der Waals surface area contributed by atoms with Crippen molar-refractivity contribution in [2.24, 2.45) is 0 Å². The molecule has 0 bridgehead atoms. The number of hydrogen-bond acceptors (Lipinski definition) is 6. The highest BCUT2D eigenvalue weighted by Gasteiger charge is 2.31. The maximum Gasteiger partial charge on any atom is 0.243 e. The van der Waals surface area contributed by atoms with Crippen LogP contribution in [-0.4, -0.2) is 52.3 Å². The standard InChI is InChI=1S/C27H33N3O6S/c1-17-7-6-10-22(18(17)2)30(19(3)27(33)29-20-8-4-5-9-20)26(32)15-37(34)14-25(31)28-21-11-12-23-24(13-21)36-16-35-23/h6-7,10-13,19-20H,4-5,8-9,14-16H2,1-3H3,(H,28,31)(H,29,33)/t19-,37+/m1/s1.